The molecule has 2 saturated heterocycles. The molecule has 3 N–H and O–H groups in total. The summed E-state index contributed by atoms with van der Waals surface area (Å²) in [5.74, 6) is -0.808. The summed E-state index contributed by atoms with van der Waals surface area (Å²) >= 11 is 0. The standard InChI is InChI=1S/C19H27FN4O3/c1-13(25)21-15-4-5-17(20)18(11-15)23-19(26)22-14-6-8-24(9-7-14)12-16-3-2-10-27-16/h4-5,11,14,16H,2-3,6-10,12H2,1H3,(H,21,25)(H2,22,23,26)/t16-/m1/s1. The van der Waals surface area contributed by atoms with Crippen molar-refractivity contribution in [3.05, 3.63) is 24.0 Å². The zero-order chi connectivity index (χ0) is 19.2. The number of carbonyl (C=O) groups excluding carboxylic acids is 2. The number of piperidine rings is 1. The molecule has 0 saturated carbocycles. The van der Waals surface area contributed by atoms with E-state index in [2.05, 4.69) is 20.9 Å². The van der Waals surface area contributed by atoms with Gasteiger partial charge in [-0.15, -0.1) is 0 Å². The number of urea groups is 1. The summed E-state index contributed by atoms with van der Waals surface area (Å²) in [7, 11) is 0. The third-order valence-corrected chi connectivity index (χ3v) is 4.94. The van der Waals surface area contributed by atoms with Crippen LogP contribution < -0.4 is 16.0 Å². The van der Waals surface area contributed by atoms with Gasteiger partial charge in [0, 0.05) is 44.9 Å². The maximum atomic E-state index is 13.9. The van der Waals surface area contributed by atoms with Crippen molar-refractivity contribution in [1.82, 2.24) is 10.2 Å². The predicted octanol–water partition coefficient (Wildman–Crippen LogP) is 2.55. The number of halogens is 1. The molecule has 3 rings (SSSR count). The van der Waals surface area contributed by atoms with E-state index in [-0.39, 0.29) is 17.6 Å². The molecule has 1 aromatic carbocycles. The highest BCUT2D eigenvalue weighted by Gasteiger charge is 2.24. The maximum Gasteiger partial charge on any atom is 0.319 e. The molecule has 1 atom stereocenters. The van der Waals surface area contributed by atoms with Crippen molar-refractivity contribution in [2.45, 2.75) is 44.8 Å². The molecule has 0 aromatic heterocycles. The number of rotatable bonds is 5. The number of anilines is 2. The third-order valence-electron chi connectivity index (χ3n) is 4.94. The number of nitrogens with zero attached hydrogens (tertiary/aromatic N) is 1. The Morgan fingerprint density at radius 1 is 1.22 bits per heavy atom. The van der Waals surface area contributed by atoms with Crippen molar-refractivity contribution >= 4 is 23.3 Å². The van der Waals surface area contributed by atoms with Crippen LogP contribution in [0.5, 0.6) is 0 Å². The van der Waals surface area contributed by atoms with Gasteiger partial charge < -0.3 is 25.6 Å². The number of likely N-dealkylation sites (tertiary alicyclic amines) is 1. The van der Waals surface area contributed by atoms with Crippen LogP contribution in [0.1, 0.15) is 32.6 Å². The number of ether oxygens (including phenoxy) is 1. The lowest BCUT2D eigenvalue weighted by Crippen LogP contribution is -2.47. The minimum absolute atomic E-state index is 0.0366. The molecule has 0 radical (unpaired) electrons. The first-order chi connectivity index (χ1) is 13.0. The molecular weight excluding hydrogens is 351 g/mol. The number of hydrogen-bond acceptors (Lipinski definition) is 4. The first kappa shape index (κ1) is 19.6. The summed E-state index contributed by atoms with van der Waals surface area (Å²) in [6.07, 6.45) is 4.33. The lowest BCUT2D eigenvalue weighted by molar-refractivity contribution is -0.114. The molecule has 27 heavy (non-hydrogen) atoms. The summed E-state index contributed by atoms with van der Waals surface area (Å²) in [5, 5.41) is 8.01. The number of benzene rings is 1. The van der Waals surface area contributed by atoms with Crippen molar-refractivity contribution in [3.63, 3.8) is 0 Å². The van der Waals surface area contributed by atoms with E-state index < -0.39 is 11.8 Å². The van der Waals surface area contributed by atoms with Gasteiger partial charge >= 0.3 is 6.03 Å². The van der Waals surface area contributed by atoms with Gasteiger partial charge in [0.05, 0.1) is 11.8 Å². The average Bonchev–Trinajstić information content (AvgIpc) is 3.12. The van der Waals surface area contributed by atoms with Crippen LogP contribution in [-0.2, 0) is 9.53 Å². The van der Waals surface area contributed by atoms with E-state index in [1.165, 1.54) is 25.1 Å². The molecular formula is C19H27FN4O3. The normalized spacial score (nSPS) is 21.0. The SMILES string of the molecule is CC(=O)Nc1ccc(F)c(NC(=O)NC2CCN(C[C@H]3CCCO3)CC2)c1. The van der Waals surface area contributed by atoms with E-state index >= 15 is 0 Å². The lowest BCUT2D eigenvalue weighted by atomic mass is 10.0. The van der Waals surface area contributed by atoms with Gasteiger partial charge in [0.2, 0.25) is 5.91 Å². The Kier molecular flexibility index (Phi) is 6.63. The highest BCUT2D eigenvalue weighted by Crippen LogP contribution is 2.20. The van der Waals surface area contributed by atoms with E-state index in [0.29, 0.717) is 11.8 Å². The van der Waals surface area contributed by atoms with Crippen LogP contribution in [0.4, 0.5) is 20.6 Å². The van der Waals surface area contributed by atoms with Gasteiger partial charge in [0.25, 0.3) is 0 Å². The van der Waals surface area contributed by atoms with Crippen LogP contribution in [0.2, 0.25) is 0 Å². The Hall–Kier alpha value is -2.19. The highest BCUT2D eigenvalue weighted by atomic mass is 19.1. The average molecular weight is 378 g/mol. The number of nitrogens with one attached hydrogen (secondary N) is 3. The van der Waals surface area contributed by atoms with Crippen molar-refractivity contribution in [1.29, 1.82) is 0 Å². The van der Waals surface area contributed by atoms with E-state index in [4.69, 9.17) is 4.74 Å². The Morgan fingerprint density at radius 3 is 2.67 bits per heavy atom. The third kappa shape index (κ3) is 5.90. The van der Waals surface area contributed by atoms with E-state index in [0.717, 1.165) is 51.9 Å². The number of amides is 3. The molecule has 0 spiro atoms. The van der Waals surface area contributed by atoms with Crippen LogP contribution in [-0.4, -0.2) is 55.2 Å². The van der Waals surface area contributed by atoms with E-state index in [1.807, 2.05) is 0 Å². The predicted molar refractivity (Wildman–Crippen MR) is 101 cm³/mol. The fourth-order valence-corrected chi connectivity index (χ4v) is 3.58. The van der Waals surface area contributed by atoms with Crippen LogP contribution in [0.15, 0.2) is 18.2 Å². The largest absolute Gasteiger partial charge is 0.377 e. The molecule has 0 bridgehead atoms. The zero-order valence-electron chi connectivity index (χ0n) is 15.6. The molecule has 3 amide bonds. The summed E-state index contributed by atoms with van der Waals surface area (Å²) < 4.78 is 19.6. The molecule has 148 valence electrons. The van der Waals surface area contributed by atoms with Crippen molar-refractivity contribution in [2.75, 3.05) is 36.9 Å². The number of carbonyl (C=O) groups is 2. The van der Waals surface area contributed by atoms with Crippen LogP contribution in [0.25, 0.3) is 0 Å². The Bertz CT molecular complexity index is 671. The summed E-state index contributed by atoms with van der Waals surface area (Å²) in [6.45, 7) is 5.02. The molecule has 7 nitrogen and oxygen atoms in total. The first-order valence-corrected chi connectivity index (χ1v) is 9.48. The van der Waals surface area contributed by atoms with Gasteiger partial charge in [-0.25, -0.2) is 9.18 Å². The monoisotopic (exact) mass is 378 g/mol. The van der Waals surface area contributed by atoms with Gasteiger partial charge in [0.15, 0.2) is 0 Å². The molecule has 2 heterocycles. The van der Waals surface area contributed by atoms with Gasteiger partial charge in [0.1, 0.15) is 5.82 Å². The second-order valence-corrected chi connectivity index (χ2v) is 7.18. The summed E-state index contributed by atoms with van der Waals surface area (Å²) in [5.41, 5.74) is 0.469. The topological polar surface area (TPSA) is 82.7 Å². The molecule has 0 aliphatic carbocycles. The summed E-state index contributed by atoms with van der Waals surface area (Å²) in [4.78, 5) is 25.7. The fourth-order valence-electron chi connectivity index (χ4n) is 3.58. The minimum atomic E-state index is -0.550. The highest BCUT2D eigenvalue weighted by molar-refractivity contribution is 5.92. The van der Waals surface area contributed by atoms with Crippen molar-refractivity contribution in [2.24, 2.45) is 0 Å². The van der Waals surface area contributed by atoms with Gasteiger partial charge in [-0.05, 0) is 43.9 Å². The zero-order valence-corrected chi connectivity index (χ0v) is 15.6. The smallest absolute Gasteiger partial charge is 0.319 e. The minimum Gasteiger partial charge on any atom is -0.377 e. The molecule has 0 unspecified atom stereocenters. The van der Waals surface area contributed by atoms with Gasteiger partial charge in [-0.1, -0.05) is 0 Å². The molecule has 2 aliphatic heterocycles. The Labute approximate surface area is 158 Å². The van der Waals surface area contributed by atoms with Crippen molar-refractivity contribution in [3.8, 4) is 0 Å². The second-order valence-electron chi connectivity index (χ2n) is 7.18. The van der Waals surface area contributed by atoms with E-state index in [9.17, 15) is 14.0 Å². The first-order valence-electron chi connectivity index (χ1n) is 9.48. The summed E-state index contributed by atoms with van der Waals surface area (Å²) in [6, 6.07) is 3.69. The lowest BCUT2D eigenvalue weighted by Gasteiger charge is -2.33. The molecule has 2 aliphatic rings. The molecule has 2 fully saturated rings. The Morgan fingerprint density at radius 2 is 2.00 bits per heavy atom. The van der Waals surface area contributed by atoms with Crippen LogP contribution in [0, 0.1) is 5.82 Å². The molecule has 8 heteroatoms. The maximum absolute atomic E-state index is 13.9. The van der Waals surface area contributed by atoms with Gasteiger partial charge in [-0.2, -0.15) is 0 Å². The van der Waals surface area contributed by atoms with Crippen LogP contribution in [0.3, 0.4) is 0 Å². The fraction of sp³-hybridized carbons (Fsp3) is 0.579. The van der Waals surface area contributed by atoms with Crippen LogP contribution >= 0.6 is 0 Å². The van der Waals surface area contributed by atoms with Gasteiger partial charge in [-0.3, -0.25) is 4.79 Å². The van der Waals surface area contributed by atoms with Crippen molar-refractivity contribution < 1.29 is 18.7 Å². The molecule has 1 aromatic rings. The number of hydrogen-bond donors (Lipinski definition) is 3. The second kappa shape index (κ2) is 9.14. The quantitative estimate of drug-likeness (QED) is 0.735. The Balaban J connectivity index is 1.45. The van der Waals surface area contributed by atoms with E-state index in [1.54, 1.807) is 0 Å².